The van der Waals surface area contributed by atoms with Crippen LogP contribution in [-0.4, -0.2) is 29.9 Å². The maximum absolute atomic E-state index is 12.2. The summed E-state index contributed by atoms with van der Waals surface area (Å²) < 4.78 is 0. The molecule has 5 nitrogen and oxygen atoms in total. The van der Waals surface area contributed by atoms with Gasteiger partial charge in [-0.3, -0.25) is 9.59 Å². The molecule has 0 aliphatic heterocycles. The first-order chi connectivity index (χ1) is 10.2. The smallest absolute Gasteiger partial charge is 0.242 e. The second kappa shape index (κ2) is 9.53. The Labute approximate surface area is 144 Å². The Kier molecular flexibility index (Phi) is 8.87. The fraction of sp³-hybridized carbons (Fsp3) is 0.529. The zero-order valence-corrected chi connectivity index (χ0v) is 15.1. The quantitative estimate of drug-likeness (QED) is 0.705. The van der Waals surface area contributed by atoms with Gasteiger partial charge in [-0.15, -0.1) is 12.4 Å². The number of benzene rings is 1. The minimum absolute atomic E-state index is 0. The van der Waals surface area contributed by atoms with Gasteiger partial charge in [-0.25, -0.2) is 0 Å². The molecule has 1 aromatic carbocycles. The van der Waals surface area contributed by atoms with Crippen molar-refractivity contribution in [1.29, 1.82) is 0 Å². The van der Waals surface area contributed by atoms with Crippen molar-refractivity contribution in [1.82, 2.24) is 10.6 Å². The normalized spacial score (nSPS) is 12.3. The van der Waals surface area contributed by atoms with E-state index in [9.17, 15) is 9.59 Å². The predicted molar refractivity (Wildman–Crippen MR) is 95.4 cm³/mol. The molecule has 1 rings (SSSR count). The molecule has 0 spiro atoms. The molecule has 0 saturated heterocycles. The molecular weight excluding hydrogens is 314 g/mol. The summed E-state index contributed by atoms with van der Waals surface area (Å²) in [7, 11) is 0. The van der Waals surface area contributed by atoms with Crippen molar-refractivity contribution in [3.63, 3.8) is 0 Å². The second-order valence-electron chi connectivity index (χ2n) is 6.66. The van der Waals surface area contributed by atoms with Crippen LogP contribution >= 0.6 is 12.4 Å². The molecule has 23 heavy (non-hydrogen) atoms. The van der Waals surface area contributed by atoms with Crippen molar-refractivity contribution >= 4 is 24.2 Å². The first kappa shape index (κ1) is 21.4. The van der Waals surface area contributed by atoms with Gasteiger partial charge in [-0.1, -0.05) is 44.2 Å². The molecule has 0 saturated carbocycles. The van der Waals surface area contributed by atoms with Crippen LogP contribution in [0.1, 0.15) is 33.3 Å². The van der Waals surface area contributed by atoms with Crippen LogP contribution in [0.15, 0.2) is 30.3 Å². The Morgan fingerprint density at radius 2 is 1.74 bits per heavy atom. The van der Waals surface area contributed by atoms with Crippen LogP contribution in [0.3, 0.4) is 0 Å². The van der Waals surface area contributed by atoms with E-state index < -0.39 is 11.6 Å². The second-order valence-corrected chi connectivity index (χ2v) is 6.66. The molecule has 1 aromatic rings. The van der Waals surface area contributed by atoms with E-state index in [2.05, 4.69) is 10.6 Å². The lowest BCUT2D eigenvalue weighted by molar-refractivity contribution is -0.129. The van der Waals surface area contributed by atoms with Crippen LogP contribution in [-0.2, 0) is 16.0 Å². The van der Waals surface area contributed by atoms with Crippen LogP contribution < -0.4 is 16.4 Å². The van der Waals surface area contributed by atoms with Crippen LogP contribution in [0.4, 0.5) is 0 Å². The van der Waals surface area contributed by atoms with Gasteiger partial charge in [0.2, 0.25) is 11.8 Å². The summed E-state index contributed by atoms with van der Waals surface area (Å²) in [6, 6.07) is 8.90. The molecule has 2 amide bonds. The number of nitrogens with two attached hydrogens (primary N) is 1. The number of carbonyl (C=O) groups excluding carboxylic acids is 2. The largest absolute Gasteiger partial charge is 0.352 e. The van der Waals surface area contributed by atoms with Gasteiger partial charge in [0, 0.05) is 12.1 Å². The number of halogens is 1. The first-order valence-corrected chi connectivity index (χ1v) is 7.59. The summed E-state index contributed by atoms with van der Waals surface area (Å²) >= 11 is 0. The highest BCUT2D eigenvalue weighted by Crippen LogP contribution is 2.05. The standard InChI is InChI=1S/C17H27N3O2.ClH/c1-12(2)15(16(22)19-11-17(3,4)18)20-14(21)10-13-8-6-5-7-9-13;/h5-9,12,15H,10-11,18H2,1-4H3,(H,19,22)(H,20,21);1H. The molecular formula is C17H28ClN3O2. The predicted octanol–water partition coefficient (Wildman–Crippen LogP) is 1.65. The van der Waals surface area contributed by atoms with Crippen LogP contribution in [0.25, 0.3) is 0 Å². The molecule has 0 radical (unpaired) electrons. The summed E-state index contributed by atoms with van der Waals surface area (Å²) in [5.74, 6) is -0.359. The highest BCUT2D eigenvalue weighted by Gasteiger charge is 2.25. The number of carbonyl (C=O) groups is 2. The van der Waals surface area contributed by atoms with Gasteiger partial charge in [-0.05, 0) is 25.3 Å². The molecule has 0 aliphatic rings. The minimum atomic E-state index is -0.557. The Bertz CT molecular complexity index is 498. The highest BCUT2D eigenvalue weighted by atomic mass is 35.5. The third-order valence-electron chi connectivity index (χ3n) is 3.19. The van der Waals surface area contributed by atoms with E-state index in [-0.39, 0.29) is 36.6 Å². The summed E-state index contributed by atoms with van der Waals surface area (Å²) in [4.78, 5) is 24.4. The Balaban J connectivity index is 0.00000484. The number of amides is 2. The SMILES string of the molecule is CC(C)C(NC(=O)Cc1ccccc1)C(=O)NCC(C)(C)N.Cl. The first-order valence-electron chi connectivity index (χ1n) is 7.59. The Morgan fingerprint density at radius 3 is 2.22 bits per heavy atom. The summed E-state index contributed by atoms with van der Waals surface area (Å²) in [6.07, 6.45) is 0.264. The maximum Gasteiger partial charge on any atom is 0.242 e. The maximum atomic E-state index is 12.2. The van der Waals surface area contributed by atoms with Gasteiger partial charge in [0.25, 0.3) is 0 Å². The van der Waals surface area contributed by atoms with Crippen molar-refractivity contribution in [3.8, 4) is 0 Å². The third-order valence-corrected chi connectivity index (χ3v) is 3.19. The van der Waals surface area contributed by atoms with Crippen molar-refractivity contribution in [3.05, 3.63) is 35.9 Å². The molecule has 0 heterocycles. The molecule has 4 N–H and O–H groups in total. The van der Waals surface area contributed by atoms with Crippen LogP contribution in [0.2, 0.25) is 0 Å². The van der Waals surface area contributed by atoms with Crippen molar-refractivity contribution < 1.29 is 9.59 Å². The fourth-order valence-electron chi connectivity index (χ4n) is 1.97. The molecule has 0 bridgehead atoms. The van der Waals surface area contributed by atoms with Gasteiger partial charge >= 0.3 is 0 Å². The van der Waals surface area contributed by atoms with Crippen LogP contribution in [0, 0.1) is 5.92 Å². The summed E-state index contributed by atoms with van der Waals surface area (Å²) in [5, 5.41) is 5.60. The van der Waals surface area contributed by atoms with E-state index in [1.54, 1.807) is 0 Å². The highest BCUT2D eigenvalue weighted by molar-refractivity contribution is 5.88. The average Bonchev–Trinajstić information content (AvgIpc) is 2.42. The van der Waals surface area contributed by atoms with Crippen molar-refractivity contribution in [2.75, 3.05) is 6.54 Å². The molecule has 0 fully saturated rings. The van der Waals surface area contributed by atoms with Gasteiger partial charge in [0.1, 0.15) is 6.04 Å². The lowest BCUT2D eigenvalue weighted by Gasteiger charge is -2.25. The molecule has 1 unspecified atom stereocenters. The Morgan fingerprint density at radius 1 is 1.17 bits per heavy atom. The van der Waals surface area contributed by atoms with Gasteiger partial charge in [-0.2, -0.15) is 0 Å². The average molecular weight is 342 g/mol. The van der Waals surface area contributed by atoms with E-state index in [1.807, 2.05) is 58.0 Å². The van der Waals surface area contributed by atoms with Crippen molar-refractivity contribution in [2.45, 2.75) is 45.7 Å². The van der Waals surface area contributed by atoms with Crippen LogP contribution in [0.5, 0.6) is 0 Å². The van der Waals surface area contributed by atoms with E-state index in [0.717, 1.165) is 5.56 Å². The summed E-state index contributed by atoms with van der Waals surface area (Å²) in [6.45, 7) is 7.85. The Hall–Kier alpha value is -1.59. The molecule has 6 heteroatoms. The van der Waals surface area contributed by atoms with Crippen molar-refractivity contribution in [2.24, 2.45) is 11.7 Å². The van der Waals surface area contributed by atoms with E-state index in [0.29, 0.717) is 6.54 Å². The lowest BCUT2D eigenvalue weighted by atomic mass is 10.0. The van der Waals surface area contributed by atoms with Gasteiger partial charge in [0.15, 0.2) is 0 Å². The molecule has 0 aliphatic carbocycles. The summed E-state index contributed by atoms with van der Waals surface area (Å²) in [5.41, 5.74) is 6.30. The number of hydrogen-bond donors (Lipinski definition) is 3. The molecule has 1 atom stereocenters. The topological polar surface area (TPSA) is 84.2 Å². The van der Waals surface area contributed by atoms with Gasteiger partial charge < -0.3 is 16.4 Å². The zero-order chi connectivity index (χ0) is 16.8. The lowest BCUT2D eigenvalue weighted by Crippen LogP contribution is -2.54. The molecule has 0 aromatic heterocycles. The number of rotatable bonds is 7. The number of hydrogen-bond acceptors (Lipinski definition) is 3. The third kappa shape index (κ3) is 8.57. The van der Waals surface area contributed by atoms with E-state index in [4.69, 9.17) is 5.73 Å². The minimum Gasteiger partial charge on any atom is -0.352 e. The van der Waals surface area contributed by atoms with E-state index in [1.165, 1.54) is 0 Å². The monoisotopic (exact) mass is 341 g/mol. The fourth-order valence-corrected chi connectivity index (χ4v) is 1.97. The molecule has 130 valence electrons. The number of nitrogens with one attached hydrogen (secondary N) is 2. The zero-order valence-electron chi connectivity index (χ0n) is 14.3. The van der Waals surface area contributed by atoms with E-state index >= 15 is 0 Å². The van der Waals surface area contributed by atoms with Gasteiger partial charge in [0.05, 0.1) is 6.42 Å².